The van der Waals surface area contributed by atoms with Crippen LogP contribution in [0.5, 0.6) is 0 Å². The van der Waals surface area contributed by atoms with Gasteiger partial charge in [0.15, 0.2) is 0 Å². The Morgan fingerprint density at radius 3 is 1.85 bits per heavy atom. The molecule has 5 atom stereocenters. The minimum Gasteiger partial charge on any atom is -0.393 e. The third kappa shape index (κ3) is 3.97. The summed E-state index contributed by atoms with van der Waals surface area (Å²) in [6.07, 6.45) is 4.57. The van der Waals surface area contributed by atoms with Crippen molar-refractivity contribution in [2.75, 3.05) is 0 Å². The van der Waals surface area contributed by atoms with Crippen LogP contribution in [-0.4, -0.2) is 23.5 Å². The summed E-state index contributed by atoms with van der Waals surface area (Å²) in [4.78, 5) is 45.4. The fraction of sp³-hybridized carbons (Fsp3) is 0.636. The van der Waals surface area contributed by atoms with Crippen LogP contribution in [0, 0.1) is 29.6 Å². The van der Waals surface area contributed by atoms with E-state index in [1.807, 2.05) is 13.8 Å². The number of esters is 2. The Kier molecular flexibility index (Phi) is 6.23. The first kappa shape index (κ1) is 21.3. The predicted octanol–water partition coefficient (Wildman–Crippen LogP) is 3.82. The van der Waals surface area contributed by atoms with Gasteiger partial charge >= 0.3 is 11.9 Å². The van der Waals surface area contributed by atoms with Crippen LogP contribution in [0.4, 0.5) is 0 Å². The summed E-state index contributed by atoms with van der Waals surface area (Å²) >= 11 is 0. The van der Waals surface area contributed by atoms with Crippen LogP contribution in [0.1, 0.15) is 60.8 Å². The molecule has 148 valence electrons. The Hall–Kier alpha value is -2.04. The van der Waals surface area contributed by atoms with Gasteiger partial charge in [-0.3, -0.25) is 19.2 Å². The fourth-order valence-corrected chi connectivity index (χ4v) is 4.72. The number of ketones is 2. The van der Waals surface area contributed by atoms with Crippen molar-refractivity contribution in [3.63, 3.8) is 0 Å². The largest absolute Gasteiger partial charge is 0.393 e. The lowest BCUT2D eigenvalue weighted by atomic mass is 9.76. The van der Waals surface area contributed by atoms with E-state index < -0.39 is 0 Å². The molecule has 0 amide bonds. The van der Waals surface area contributed by atoms with Crippen LogP contribution in [-0.2, 0) is 23.9 Å². The molecule has 1 saturated heterocycles. The van der Waals surface area contributed by atoms with E-state index in [9.17, 15) is 19.2 Å². The summed E-state index contributed by atoms with van der Waals surface area (Å²) in [7, 11) is 0. The minimum absolute atomic E-state index is 0. The summed E-state index contributed by atoms with van der Waals surface area (Å²) in [6, 6.07) is 0. The van der Waals surface area contributed by atoms with Gasteiger partial charge in [0.25, 0.3) is 0 Å². The van der Waals surface area contributed by atoms with Crippen molar-refractivity contribution in [3.05, 3.63) is 22.8 Å². The molecule has 0 spiro atoms. The van der Waals surface area contributed by atoms with E-state index in [2.05, 4.69) is 24.7 Å². The Morgan fingerprint density at radius 1 is 0.815 bits per heavy atom. The Morgan fingerprint density at radius 2 is 1.33 bits per heavy atom. The Labute approximate surface area is 161 Å². The van der Waals surface area contributed by atoms with Crippen molar-refractivity contribution in [2.45, 2.75) is 60.8 Å². The molecular formula is C22H30O5. The molecule has 0 aromatic carbocycles. The van der Waals surface area contributed by atoms with Crippen molar-refractivity contribution >= 4 is 23.5 Å². The Bertz CT molecular complexity index is 712. The van der Waals surface area contributed by atoms with Crippen LogP contribution in [0.25, 0.3) is 0 Å². The summed E-state index contributed by atoms with van der Waals surface area (Å²) in [6.45, 7) is 8.09. The number of hydrogen-bond acceptors (Lipinski definition) is 5. The minimum atomic E-state index is -0.341. The normalized spacial score (nSPS) is 34.8. The molecule has 1 aliphatic heterocycles. The lowest BCUT2D eigenvalue weighted by Gasteiger charge is -2.24. The molecule has 0 aromatic heterocycles. The van der Waals surface area contributed by atoms with Gasteiger partial charge in [0.1, 0.15) is 11.6 Å². The number of rotatable bonds is 0. The van der Waals surface area contributed by atoms with E-state index in [1.165, 1.54) is 16.7 Å². The number of fused-ring (bicyclic) bond motifs is 2. The van der Waals surface area contributed by atoms with E-state index >= 15 is 0 Å². The molecule has 1 saturated carbocycles. The zero-order valence-corrected chi connectivity index (χ0v) is 15.8. The summed E-state index contributed by atoms with van der Waals surface area (Å²) < 4.78 is 4.62. The zero-order valence-electron chi connectivity index (χ0n) is 15.8. The lowest BCUT2D eigenvalue weighted by molar-refractivity contribution is -0.154. The first-order valence-electron chi connectivity index (χ1n) is 9.32. The van der Waals surface area contributed by atoms with E-state index in [0.29, 0.717) is 6.42 Å². The van der Waals surface area contributed by atoms with Gasteiger partial charge in [0, 0.05) is 11.8 Å². The highest BCUT2D eigenvalue weighted by Crippen LogP contribution is 2.40. The van der Waals surface area contributed by atoms with E-state index in [0.717, 1.165) is 12.8 Å². The maximum absolute atomic E-state index is 11.4. The summed E-state index contributed by atoms with van der Waals surface area (Å²) in [5.41, 5.74) is 3.80. The predicted molar refractivity (Wildman–Crippen MR) is 102 cm³/mol. The number of cyclic esters (lactones) is 2. The standard InChI is InChI=1S/C11H14O2.C10H12O3.CH4/c1-6-3-8-9(4-7(6)2)11(13)5-10(8)12;1-5-3-6(2)8-7(4-5)9(11)13-10(8)12;/h8-9H,3-5H2,1-2H3;3,6-8H,4H2,1-2H3;1H4. The topological polar surface area (TPSA) is 77.5 Å². The molecule has 5 heteroatoms. The monoisotopic (exact) mass is 374 g/mol. The molecule has 5 unspecified atom stereocenters. The van der Waals surface area contributed by atoms with Crippen molar-refractivity contribution in [1.82, 2.24) is 0 Å². The van der Waals surface area contributed by atoms with E-state index in [1.54, 1.807) is 0 Å². The number of allylic oxidation sites excluding steroid dienone is 4. The first-order chi connectivity index (χ1) is 12.2. The van der Waals surface area contributed by atoms with Gasteiger partial charge in [-0.15, -0.1) is 0 Å². The molecular weight excluding hydrogens is 344 g/mol. The van der Waals surface area contributed by atoms with E-state index in [-0.39, 0.29) is 66.9 Å². The third-order valence-corrected chi connectivity index (χ3v) is 6.31. The molecule has 5 nitrogen and oxygen atoms in total. The SMILES string of the molecule is C.CC1=C(C)CC2C(=O)CC(=O)C2C1.CC1=CC(C)C2C(=O)OC(=O)C2C1. The summed E-state index contributed by atoms with van der Waals surface area (Å²) in [5.74, 6) is -0.599. The van der Waals surface area contributed by atoms with Crippen LogP contribution < -0.4 is 0 Å². The van der Waals surface area contributed by atoms with Crippen LogP contribution in [0.15, 0.2) is 22.8 Å². The molecule has 3 aliphatic carbocycles. The van der Waals surface area contributed by atoms with Crippen molar-refractivity contribution in [2.24, 2.45) is 29.6 Å². The van der Waals surface area contributed by atoms with Crippen molar-refractivity contribution < 1.29 is 23.9 Å². The number of ether oxygens (including phenoxy) is 1. The molecule has 0 bridgehead atoms. The van der Waals surface area contributed by atoms with Crippen molar-refractivity contribution in [3.8, 4) is 0 Å². The van der Waals surface area contributed by atoms with Crippen LogP contribution in [0.2, 0.25) is 0 Å². The second kappa shape index (κ2) is 7.91. The number of carbonyl (C=O) groups excluding carboxylic acids is 4. The highest BCUT2D eigenvalue weighted by Gasteiger charge is 2.48. The van der Waals surface area contributed by atoms with Gasteiger partial charge in [-0.2, -0.15) is 0 Å². The number of carbonyl (C=O) groups is 4. The molecule has 0 N–H and O–H groups in total. The van der Waals surface area contributed by atoms with E-state index in [4.69, 9.17) is 0 Å². The van der Waals surface area contributed by atoms with Gasteiger partial charge in [0.05, 0.1) is 18.3 Å². The second-order valence-corrected chi connectivity index (χ2v) is 8.24. The number of Topliss-reactive ketones (excluding diaryl/α,β-unsaturated/α-hetero) is 2. The first-order valence-corrected chi connectivity index (χ1v) is 9.32. The average Bonchev–Trinajstić information content (AvgIpc) is 2.98. The van der Waals surface area contributed by atoms with Crippen molar-refractivity contribution in [1.29, 1.82) is 0 Å². The average molecular weight is 374 g/mol. The fourth-order valence-electron chi connectivity index (χ4n) is 4.72. The quantitative estimate of drug-likeness (QED) is 0.366. The number of hydrogen-bond donors (Lipinski definition) is 0. The molecule has 4 aliphatic rings. The van der Waals surface area contributed by atoms with Gasteiger partial charge in [-0.1, -0.05) is 37.1 Å². The molecule has 27 heavy (non-hydrogen) atoms. The maximum Gasteiger partial charge on any atom is 0.318 e. The third-order valence-electron chi connectivity index (χ3n) is 6.31. The highest BCUT2D eigenvalue weighted by atomic mass is 16.6. The summed E-state index contributed by atoms with van der Waals surface area (Å²) in [5, 5.41) is 0. The van der Waals surface area contributed by atoms with Crippen LogP contribution >= 0.6 is 0 Å². The van der Waals surface area contributed by atoms with Gasteiger partial charge in [0.2, 0.25) is 0 Å². The molecule has 0 aromatic rings. The highest BCUT2D eigenvalue weighted by molar-refractivity contribution is 6.09. The smallest absolute Gasteiger partial charge is 0.318 e. The zero-order chi connectivity index (χ0) is 19.2. The Balaban J connectivity index is 0.000000187. The van der Waals surface area contributed by atoms with Gasteiger partial charge in [-0.25, -0.2) is 0 Å². The molecule has 1 heterocycles. The molecule has 0 radical (unpaired) electrons. The van der Waals surface area contributed by atoms with Gasteiger partial charge < -0.3 is 4.74 Å². The van der Waals surface area contributed by atoms with Gasteiger partial charge in [-0.05, 0) is 46.0 Å². The second-order valence-electron chi connectivity index (χ2n) is 8.24. The maximum atomic E-state index is 11.4. The van der Waals surface area contributed by atoms with Crippen LogP contribution in [0.3, 0.4) is 0 Å². The lowest BCUT2D eigenvalue weighted by Crippen LogP contribution is -2.27. The molecule has 4 rings (SSSR count). The molecule has 2 fully saturated rings.